The molecular weight excluding hydrogens is 288 g/mol. The number of aryl methyl sites for hydroxylation is 2. The summed E-state index contributed by atoms with van der Waals surface area (Å²) in [5, 5.41) is 4.45. The Balaban J connectivity index is 1.62. The first-order valence-corrected chi connectivity index (χ1v) is 9.09. The molecule has 0 N–H and O–H groups in total. The number of nitrogens with zero attached hydrogens (tertiary/aromatic N) is 4. The SMILES string of the molecule is CCCCN1C(=O)CC[C@@H]2CN(Cc3cn(C)nc3C)CC[C@@H]21. The summed E-state index contributed by atoms with van der Waals surface area (Å²) in [6, 6.07) is 0.481. The molecule has 0 unspecified atom stereocenters. The van der Waals surface area contributed by atoms with E-state index in [0.717, 1.165) is 64.0 Å². The lowest BCUT2D eigenvalue weighted by molar-refractivity contribution is -0.141. The number of amides is 1. The number of aromatic nitrogens is 2. The normalized spacial score (nSPS) is 25.7. The first-order chi connectivity index (χ1) is 11.1. The molecule has 2 aliphatic rings. The fourth-order valence-corrected chi connectivity index (χ4v) is 4.23. The van der Waals surface area contributed by atoms with Gasteiger partial charge in [0.25, 0.3) is 0 Å². The van der Waals surface area contributed by atoms with Gasteiger partial charge in [0.15, 0.2) is 0 Å². The third-order valence-electron chi connectivity index (χ3n) is 5.49. The first-order valence-electron chi connectivity index (χ1n) is 9.09. The highest BCUT2D eigenvalue weighted by Crippen LogP contribution is 2.32. The number of unbranched alkanes of at least 4 members (excludes halogenated alkanes) is 1. The molecule has 0 radical (unpaired) electrons. The molecule has 2 atom stereocenters. The molecule has 5 heteroatoms. The molecule has 0 aromatic carbocycles. The van der Waals surface area contributed by atoms with E-state index in [1.54, 1.807) is 0 Å². The molecule has 3 heterocycles. The van der Waals surface area contributed by atoms with Crippen LogP contribution < -0.4 is 0 Å². The lowest BCUT2D eigenvalue weighted by atomic mass is 9.83. The molecule has 0 saturated carbocycles. The molecule has 0 bridgehead atoms. The van der Waals surface area contributed by atoms with Gasteiger partial charge in [0.05, 0.1) is 5.69 Å². The maximum atomic E-state index is 12.3. The number of carbonyl (C=O) groups excluding carboxylic acids is 1. The van der Waals surface area contributed by atoms with Crippen LogP contribution in [-0.4, -0.2) is 51.2 Å². The third kappa shape index (κ3) is 3.60. The summed E-state index contributed by atoms with van der Waals surface area (Å²) in [6.45, 7) is 8.45. The smallest absolute Gasteiger partial charge is 0.222 e. The van der Waals surface area contributed by atoms with Gasteiger partial charge in [0.2, 0.25) is 5.91 Å². The zero-order chi connectivity index (χ0) is 16.4. The molecule has 3 rings (SSSR count). The Morgan fingerprint density at radius 1 is 1.35 bits per heavy atom. The van der Waals surface area contributed by atoms with E-state index in [1.807, 2.05) is 11.7 Å². The van der Waals surface area contributed by atoms with Gasteiger partial charge in [-0.25, -0.2) is 0 Å². The monoisotopic (exact) mass is 318 g/mol. The average molecular weight is 318 g/mol. The van der Waals surface area contributed by atoms with Crippen molar-refractivity contribution in [2.24, 2.45) is 13.0 Å². The van der Waals surface area contributed by atoms with Gasteiger partial charge in [-0.05, 0) is 32.1 Å². The maximum Gasteiger partial charge on any atom is 0.222 e. The highest BCUT2D eigenvalue weighted by Gasteiger charge is 2.38. The molecule has 0 aliphatic carbocycles. The van der Waals surface area contributed by atoms with Crippen LogP contribution in [-0.2, 0) is 18.4 Å². The van der Waals surface area contributed by atoms with Gasteiger partial charge < -0.3 is 4.90 Å². The molecule has 2 aliphatic heterocycles. The van der Waals surface area contributed by atoms with E-state index < -0.39 is 0 Å². The first kappa shape index (κ1) is 16.5. The van der Waals surface area contributed by atoms with Crippen LogP contribution in [0.2, 0.25) is 0 Å². The fraction of sp³-hybridized carbons (Fsp3) is 0.778. The zero-order valence-corrected chi connectivity index (χ0v) is 14.8. The highest BCUT2D eigenvalue weighted by molar-refractivity contribution is 5.77. The van der Waals surface area contributed by atoms with E-state index in [0.29, 0.717) is 17.9 Å². The Bertz CT molecular complexity index is 553. The number of hydrogen-bond donors (Lipinski definition) is 0. The Morgan fingerprint density at radius 3 is 2.87 bits per heavy atom. The molecule has 128 valence electrons. The summed E-state index contributed by atoms with van der Waals surface area (Å²) in [7, 11) is 1.99. The zero-order valence-electron chi connectivity index (χ0n) is 14.8. The minimum absolute atomic E-state index is 0.385. The van der Waals surface area contributed by atoms with Gasteiger partial charge >= 0.3 is 0 Å². The molecule has 1 amide bonds. The highest BCUT2D eigenvalue weighted by atomic mass is 16.2. The largest absolute Gasteiger partial charge is 0.339 e. The minimum atomic E-state index is 0.385. The number of piperidine rings is 2. The van der Waals surface area contributed by atoms with E-state index >= 15 is 0 Å². The molecule has 1 aromatic heterocycles. The second kappa shape index (κ2) is 7.04. The van der Waals surface area contributed by atoms with E-state index in [9.17, 15) is 4.79 Å². The number of rotatable bonds is 5. The van der Waals surface area contributed by atoms with Crippen LogP contribution in [0.4, 0.5) is 0 Å². The van der Waals surface area contributed by atoms with Gasteiger partial charge in [0.1, 0.15) is 0 Å². The molecule has 2 fully saturated rings. The quantitative estimate of drug-likeness (QED) is 0.837. The summed E-state index contributed by atoms with van der Waals surface area (Å²) in [5.74, 6) is 1.03. The molecule has 1 aromatic rings. The van der Waals surface area contributed by atoms with E-state index in [4.69, 9.17) is 0 Å². The van der Waals surface area contributed by atoms with Gasteiger partial charge in [0, 0.05) is 57.4 Å². The Morgan fingerprint density at radius 2 is 2.17 bits per heavy atom. The van der Waals surface area contributed by atoms with Crippen LogP contribution in [0.1, 0.15) is 50.3 Å². The summed E-state index contributed by atoms with van der Waals surface area (Å²) < 4.78 is 1.91. The summed E-state index contributed by atoms with van der Waals surface area (Å²) in [6.07, 6.45) is 7.36. The molecule has 2 saturated heterocycles. The summed E-state index contributed by atoms with van der Waals surface area (Å²) in [4.78, 5) is 17.0. The lowest BCUT2D eigenvalue weighted by Gasteiger charge is -2.47. The van der Waals surface area contributed by atoms with Gasteiger partial charge in [-0.15, -0.1) is 0 Å². The van der Waals surface area contributed by atoms with Crippen LogP contribution in [0.25, 0.3) is 0 Å². The molecule has 0 spiro atoms. The summed E-state index contributed by atoms with van der Waals surface area (Å²) in [5.41, 5.74) is 2.47. The topological polar surface area (TPSA) is 41.4 Å². The van der Waals surface area contributed by atoms with Crippen molar-refractivity contribution in [1.29, 1.82) is 0 Å². The number of carbonyl (C=O) groups is 1. The third-order valence-corrected chi connectivity index (χ3v) is 5.49. The second-order valence-electron chi connectivity index (χ2n) is 7.24. The van der Waals surface area contributed by atoms with Crippen molar-refractivity contribution in [2.45, 2.75) is 58.5 Å². The average Bonchev–Trinajstić information content (AvgIpc) is 2.84. The van der Waals surface area contributed by atoms with E-state index in [-0.39, 0.29) is 0 Å². The van der Waals surface area contributed by atoms with Crippen LogP contribution in [0, 0.1) is 12.8 Å². The lowest BCUT2D eigenvalue weighted by Crippen LogP contribution is -2.55. The number of hydrogen-bond acceptors (Lipinski definition) is 3. The van der Waals surface area contributed by atoms with Crippen LogP contribution >= 0.6 is 0 Å². The predicted molar refractivity (Wildman–Crippen MR) is 91.0 cm³/mol. The molecule has 23 heavy (non-hydrogen) atoms. The Kier molecular flexibility index (Phi) is 5.05. The Hall–Kier alpha value is -1.36. The van der Waals surface area contributed by atoms with Gasteiger partial charge in [-0.2, -0.15) is 5.10 Å². The Labute approximate surface area is 139 Å². The van der Waals surface area contributed by atoms with Crippen molar-refractivity contribution in [3.8, 4) is 0 Å². The number of likely N-dealkylation sites (tertiary alicyclic amines) is 2. The van der Waals surface area contributed by atoms with E-state index in [1.165, 1.54) is 5.56 Å². The molecule has 5 nitrogen and oxygen atoms in total. The maximum absolute atomic E-state index is 12.3. The van der Waals surface area contributed by atoms with Crippen molar-refractivity contribution in [2.75, 3.05) is 19.6 Å². The minimum Gasteiger partial charge on any atom is -0.339 e. The van der Waals surface area contributed by atoms with Crippen LogP contribution in [0.15, 0.2) is 6.20 Å². The van der Waals surface area contributed by atoms with Gasteiger partial charge in [-0.1, -0.05) is 13.3 Å². The number of fused-ring (bicyclic) bond motifs is 1. The fourth-order valence-electron chi connectivity index (χ4n) is 4.23. The van der Waals surface area contributed by atoms with Crippen molar-refractivity contribution in [1.82, 2.24) is 19.6 Å². The molecular formula is C18H30N4O. The predicted octanol–water partition coefficient (Wildman–Crippen LogP) is 2.34. The van der Waals surface area contributed by atoms with E-state index in [2.05, 4.69) is 34.9 Å². The van der Waals surface area contributed by atoms with Crippen molar-refractivity contribution in [3.63, 3.8) is 0 Å². The van der Waals surface area contributed by atoms with Crippen molar-refractivity contribution < 1.29 is 4.79 Å². The standard InChI is InChI=1S/C18H30N4O/c1-4-5-9-22-17-8-10-21(12-15(17)6-7-18(22)23)13-16-11-20(3)19-14(16)2/h11,15,17H,4-10,12-13H2,1-3H3/t15-,17+/m1/s1. The van der Waals surface area contributed by atoms with Crippen LogP contribution in [0.5, 0.6) is 0 Å². The van der Waals surface area contributed by atoms with Crippen LogP contribution in [0.3, 0.4) is 0 Å². The second-order valence-corrected chi connectivity index (χ2v) is 7.24. The van der Waals surface area contributed by atoms with Crippen molar-refractivity contribution in [3.05, 3.63) is 17.5 Å². The van der Waals surface area contributed by atoms with Crippen molar-refractivity contribution >= 4 is 5.91 Å². The van der Waals surface area contributed by atoms with Gasteiger partial charge in [-0.3, -0.25) is 14.4 Å². The summed E-state index contributed by atoms with van der Waals surface area (Å²) >= 11 is 0.